The summed E-state index contributed by atoms with van der Waals surface area (Å²) < 4.78 is 5.40. The SMILES string of the molecule is CC(CCc1ccco1)NC(c1cccs1)C1CC1. The molecule has 2 aromatic rings. The van der Waals surface area contributed by atoms with Crippen molar-refractivity contribution in [3.63, 3.8) is 0 Å². The van der Waals surface area contributed by atoms with E-state index < -0.39 is 0 Å². The fourth-order valence-corrected chi connectivity index (χ4v) is 3.43. The van der Waals surface area contributed by atoms with E-state index in [4.69, 9.17) is 4.42 Å². The van der Waals surface area contributed by atoms with Crippen LogP contribution in [-0.4, -0.2) is 6.04 Å². The minimum atomic E-state index is 0.526. The van der Waals surface area contributed by atoms with Gasteiger partial charge in [0, 0.05) is 23.4 Å². The highest BCUT2D eigenvalue weighted by molar-refractivity contribution is 7.10. The zero-order valence-corrected chi connectivity index (χ0v) is 12.2. The van der Waals surface area contributed by atoms with Gasteiger partial charge in [0.1, 0.15) is 5.76 Å². The van der Waals surface area contributed by atoms with Crippen molar-refractivity contribution in [2.45, 2.75) is 44.7 Å². The van der Waals surface area contributed by atoms with Crippen molar-refractivity contribution >= 4 is 11.3 Å². The zero-order chi connectivity index (χ0) is 13.1. The number of hydrogen-bond donors (Lipinski definition) is 1. The fraction of sp³-hybridized carbons (Fsp3) is 0.500. The Balaban J connectivity index is 1.53. The molecule has 1 N–H and O–H groups in total. The van der Waals surface area contributed by atoms with Crippen molar-refractivity contribution in [2.75, 3.05) is 0 Å². The number of hydrogen-bond acceptors (Lipinski definition) is 3. The Morgan fingerprint density at radius 3 is 2.89 bits per heavy atom. The third kappa shape index (κ3) is 3.48. The van der Waals surface area contributed by atoms with Crippen LogP contribution in [0.15, 0.2) is 40.3 Å². The molecule has 3 rings (SSSR count). The molecule has 2 heterocycles. The summed E-state index contributed by atoms with van der Waals surface area (Å²) >= 11 is 1.88. The van der Waals surface area contributed by atoms with Crippen LogP contribution in [0.25, 0.3) is 0 Å². The summed E-state index contributed by atoms with van der Waals surface area (Å²) in [5.41, 5.74) is 0. The second kappa shape index (κ2) is 5.93. The molecule has 2 unspecified atom stereocenters. The van der Waals surface area contributed by atoms with Crippen LogP contribution in [-0.2, 0) is 6.42 Å². The second-order valence-corrected chi connectivity index (χ2v) is 6.50. The van der Waals surface area contributed by atoms with Gasteiger partial charge in [0.15, 0.2) is 0 Å². The van der Waals surface area contributed by atoms with E-state index in [1.165, 1.54) is 17.7 Å². The number of rotatable bonds is 7. The van der Waals surface area contributed by atoms with E-state index in [2.05, 4.69) is 35.8 Å². The van der Waals surface area contributed by atoms with E-state index in [1.54, 1.807) is 6.26 Å². The lowest BCUT2D eigenvalue weighted by atomic mass is 10.1. The quantitative estimate of drug-likeness (QED) is 0.810. The number of aryl methyl sites for hydroxylation is 1. The Labute approximate surface area is 118 Å². The van der Waals surface area contributed by atoms with E-state index in [0.717, 1.165) is 24.5 Å². The molecule has 2 atom stereocenters. The standard InChI is InChI=1S/C16H21NOS/c1-12(6-9-14-4-2-10-18-14)17-16(13-7-8-13)15-5-3-11-19-15/h2-5,10-13,16-17H,6-9H2,1H3. The zero-order valence-electron chi connectivity index (χ0n) is 11.3. The minimum absolute atomic E-state index is 0.526. The maximum atomic E-state index is 5.40. The van der Waals surface area contributed by atoms with Gasteiger partial charge in [-0.05, 0) is 55.7 Å². The molecular formula is C16H21NOS. The predicted molar refractivity (Wildman–Crippen MR) is 79.4 cm³/mol. The van der Waals surface area contributed by atoms with Crippen molar-refractivity contribution in [2.24, 2.45) is 5.92 Å². The van der Waals surface area contributed by atoms with Crippen LogP contribution in [0.3, 0.4) is 0 Å². The fourth-order valence-electron chi connectivity index (χ4n) is 2.55. The summed E-state index contributed by atoms with van der Waals surface area (Å²) in [4.78, 5) is 1.49. The molecule has 0 spiro atoms. The smallest absolute Gasteiger partial charge is 0.103 e. The number of furan rings is 1. The minimum Gasteiger partial charge on any atom is -0.469 e. The van der Waals surface area contributed by atoms with Gasteiger partial charge in [0.2, 0.25) is 0 Å². The lowest BCUT2D eigenvalue weighted by molar-refractivity contribution is 0.396. The molecule has 1 aliphatic rings. The number of nitrogens with one attached hydrogen (secondary N) is 1. The van der Waals surface area contributed by atoms with E-state index in [0.29, 0.717) is 12.1 Å². The average Bonchev–Trinajstić information content (AvgIpc) is 2.93. The van der Waals surface area contributed by atoms with E-state index in [1.807, 2.05) is 17.4 Å². The average molecular weight is 275 g/mol. The van der Waals surface area contributed by atoms with Crippen molar-refractivity contribution in [3.8, 4) is 0 Å². The van der Waals surface area contributed by atoms with Crippen LogP contribution in [0.4, 0.5) is 0 Å². The molecule has 3 heteroatoms. The van der Waals surface area contributed by atoms with Crippen LogP contribution in [0, 0.1) is 5.92 Å². The summed E-state index contributed by atoms with van der Waals surface area (Å²) in [7, 11) is 0. The van der Waals surface area contributed by atoms with Gasteiger partial charge in [-0.3, -0.25) is 0 Å². The Kier molecular flexibility index (Phi) is 4.04. The van der Waals surface area contributed by atoms with Crippen LogP contribution < -0.4 is 5.32 Å². The molecule has 0 aliphatic heterocycles. The molecule has 0 bridgehead atoms. The molecule has 2 nitrogen and oxygen atoms in total. The lowest BCUT2D eigenvalue weighted by Gasteiger charge is -2.22. The molecule has 1 saturated carbocycles. The van der Waals surface area contributed by atoms with E-state index in [9.17, 15) is 0 Å². The highest BCUT2D eigenvalue weighted by Crippen LogP contribution is 2.42. The number of thiophene rings is 1. The molecule has 1 aliphatic carbocycles. The Bertz CT molecular complexity index is 473. The topological polar surface area (TPSA) is 25.2 Å². The summed E-state index contributed by atoms with van der Waals surface area (Å²) in [5.74, 6) is 1.94. The lowest BCUT2D eigenvalue weighted by Crippen LogP contribution is -2.31. The van der Waals surface area contributed by atoms with Gasteiger partial charge in [0.25, 0.3) is 0 Å². The summed E-state index contributed by atoms with van der Waals surface area (Å²) in [5, 5.41) is 5.99. The normalized spacial score (nSPS) is 18.4. The summed E-state index contributed by atoms with van der Waals surface area (Å²) in [6.07, 6.45) is 6.65. The van der Waals surface area contributed by atoms with E-state index >= 15 is 0 Å². The van der Waals surface area contributed by atoms with Gasteiger partial charge in [-0.1, -0.05) is 6.07 Å². The highest BCUT2D eigenvalue weighted by atomic mass is 32.1. The molecule has 0 radical (unpaired) electrons. The molecule has 1 fully saturated rings. The van der Waals surface area contributed by atoms with Crippen molar-refractivity contribution in [1.82, 2.24) is 5.32 Å². The third-order valence-corrected chi connectivity index (χ3v) is 4.77. The molecule has 19 heavy (non-hydrogen) atoms. The maximum Gasteiger partial charge on any atom is 0.103 e. The van der Waals surface area contributed by atoms with Crippen molar-refractivity contribution < 1.29 is 4.42 Å². The Morgan fingerprint density at radius 1 is 1.37 bits per heavy atom. The molecule has 102 valence electrons. The Hall–Kier alpha value is -1.06. The van der Waals surface area contributed by atoms with Gasteiger partial charge in [-0.2, -0.15) is 0 Å². The maximum absolute atomic E-state index is 5.40. The van der Waals surface area contributed by atoms with Crippen LogP contribution in [0.1, 0.15) is 42.9 Å². The van der Waals surface area contributed by atoms with Crippen LogP contribution in [0.2, 0.25) is 0 Å². The van der Waals surface area contributed by atoms with Gasteiger partial charge >= 0.3 is 0 Å². The predicted octanol–water partition coefficient (Wildman–Crippen LogP) is 4.40. The first kappa shape index (κ1) is 12.9. The third-order valence-electron chi connectivity index (χ3n) is 3.81. The van der Waals surface area contributed by atoms with E-state index in [-0.39, 0.29) is 0 Å². The Morgan fingerprint density at radius 2 is 2.26 bits per heavy atom. The highest BCUT2D eigenvalue weighted by Gasteiger charge is 2.33. The van der Waals surface area contributed by atoms with Crippen LogP contribution in [0.5, 0.6) is 0 Å². The largest absolute Gasteiger partial charge is 0.469 e. The van der Waals surface area contributed by atoms with Gasteiger partial charge < -0.3 is 9.73 Å². The van der Waals surface area contributed by atoms with Crippen molar-refractivity contribution in [3.05, 3.63) is 46.5 Å². The van der Waals surface area contributed by atoms with Gasteiger partial charge in [-0.25, -0.2) is 0 Å². The molecule has 2 aromatic heterocycles. The molecule has 0 amide bonds. The first-order valence-corrected chi connectivity index (χ1v) is 8.02. The first-order chi connectivity index (χ1) is 9.33. The monoisotopic (exact) mass is 275 g/mol. The first-order valence-electron chi connectivity index (χ1n) is 7.15. The van der Waals surface area contributed by atoms with Gasteiger partial charge in [-0.15, -0.1) is 11.3 Å². The molecule has 0 saturated heterocycles. The molecular weight excluding hydrogens is 254 g/mol. The van der Waals surface area contributed by atoms with Crippen molar-refractivity contribution in [1.29, 1.82) is 0 Å². The summed E-state index contributed by atoms with van der Waals surface area (Å²) in [6.45, 7) is 2.28. The van der Waals surface area contributed by atoms with Gasteiger partial charge in [0.05, 0.1) is 6.26 Å². The molecule has 0 aromatic carbocycles. The summed E-state index contributed by atoms with van der Waals surface area (Å²) in [6, 6.07) is 9.53. The van der Waals surface area contributed by atoms with Crippen LogP contribution >= 0.6 is 11.3 Å². The second-order valence-electron chi connectivity index (χ2n) is 5.52.